The van der Waals surface area contributed by atoms with Crippen LogP contribution in [0, 0.1) is 13.8 Å². The van der Waals surface area contributed by atoms with Crippen LogP contribution in [0.15, 0.2) is 33.9 Å². The summed E-state index contributed by atoms with van der Waals surface area (Å²) in [6.07, 6.45) is 3.60. The molecule has 1 amide bonds. The maximum Gasteiger partial charge on any atom is 0.245 e. The van der Waals surface area contributed by atoms with Crippen LogP contribution in [-0.2, 0) is 14.8 Å². The average molecular weight is 393 g/mol. The Morgan fingerprint density at radius 3 is 2.44 bits per heavy atom. The molecule has 0 saturated carbocycles. The summed E-state index contributed by atoms with van der Waals surface area (Å²) in [6.45, 7) is 5.84. The number of hydrogen-bond donors (Lipinski definition) is 1. The number of piperazine rings is 1. The first-order valence-electron chi connectivity index (χ1n) is 8.74. The minimum atomic E-state index is -3.74. The van der Waals surface area contributed by atoms with Gasteiger partial charge in [-0.15, -0.1) is 0 Å². The van der Waals surface area contributed by atoms with Crippen molar-refractivity contribution < 1.29 is 17.7 Å². The predicted molar refractivity (Wildman–Crippen MR) is 98.8 cm³/mol. The molecule has 0 unspecified atom stereocenters. The molecule has 9 nitrogen and oxygen atoms in total. The summed E-state index contributed by atoms with van der Waals surface area (Å²) in [5.41, 5.74) is 1.39. The quantitative estimate of drug-likeness (QED) is 0.770. The van der Waals surface area contributed by atoms with Crippen LogP contribution in [0.4, 0.5) is 5.69 Å². The molecule has 0 radical (unpaired) electrons. The van der Waals surface area contributed by atoms with E-state index in [0.717, 1.165) is 18.8 Å². The molecule has 1 aliphatic rings. The third kappa shape index (κ3) is 4.45. The van der Waals surface area contributed by atoms with E-state index < -0.39 is 10.0 Å². The van der Waals surface area contributed by atoms with Crippen molar-refractivity contribution in [2.75, 3.05) is 37.6 Å². The van der Waals surface area contributed by atoms with Gasteiger partial charge in [0.2, 0.25) is 15.9 Å². The fourth-order valence-electron chi connectivity index (χ4n) is 3.15. The predicted octanol–water partition coefficient (Wildman–Crippen LogP) is 0.704. The van der Waals surface area contributed by atoms with Gasteiger partial charge in [-0.2, -0.15) is 0 Å². The monoisotopic (exact) mass is 393 g/mol. The molecule has 0 aliphatic carbocycles. The number of aryl methyl sites for hydroxylation is 2. The largest absolute Gasteiger partial charge is 0.368 e. The number of pyridine rings is 1. The highest BCUT2D eigenvalue weighted by Crippen LogP contribution is 2.18. The molecular weight excluding hydrogens is 370 g/mol. The molecule has 2 aromatic heterocycles. The first kappa shape index (κ1) is 19.3. The Labute approximate surface area is 158 Å². The van der Waals surface area contributed by atoms with Gasteiger partial charge in [-0.1, -0.05) is 5.16 Å². The topological polar surface area (TPSA) is 109 Å². The lowest BCUT2D eigenvalue weighted by Crippen LogP contribution is -2.49. The van der Waals surface area contributed by atoms with E-state index in [-0.39, 0.29) is 29.5 Å². The van der Waals surface area contributed by atoms with Gasteiger partial charge in [-0.05, 0) is 26.0 Å². The van der Waals surface area contributed by atoms with Crippen molar-refractivity contribution in [1.82, 2.24) is 19.8 Å². The molecule has 0 atom stereocenters. The Kier molecular flexibility index (Phi) is 5.76. The normalized spacial score (nSPS) is 15.2. The number of carbonyl (C=O) groups is 1. The first-order valence-corrected chi connectivity index (χ1v) is 10.2. The summed E-state index contributed by atoms with van der Waals surface area (Å²) < 4.78 is 32.0. The van der Waals surface area contributed by atoms with Crippen LogP contribution in [0.25, 0.3) is 0 Å². The number of hydrogen-bond acceptors (Lipinski definition) is 7. The summed E-state index contributed by atoms with van der Waals surface area (Å²) in [5, 5.41) is 3.65. The second kappa shape index (κ2) is 8.05. The van der Waals surface area contributed by atoms with E-state index >= 15 is 0 Å². The lowest BCUT2D eigenvalue weighted by molar-refractivity contribution is -0.131. The average Bonchev–Trinajstić information content (AvgIpc) is 3.01. The molecule has 27 heavy (non-hydrogen) atoms. The van der Waals surface area contributed by atoms with Crippen LogP contribution in [0.5, 0.6) is 0 Å². The van der Waals surface area contributed by atoms with Gasteiger partial charge < -0.3 is 14.3 Å². The van der Waals surface area contributed by atoms with Crippen molar-refractivity contribution in [3.8, 4) is 0 Å². The number of nitrogens with zero attached hydrogens (tertiary/aromatic N) is 4. The molecule has 146 valence electrons. The summed E-state index contributed by atoms with van der Waals surface area (Å²) in [5.74, 6) is 0.171. The summed E-state index contributed by atoms with van der Waals surface area (Å²) in [7, 11) is -3.74. The Balaban J connectivity index is 1.48. The molecule has 1 fully saturated rings. The Morgan fingerprint density at radius 2 is 1.85 bits per heavy atom. The van der Waals surface area contributed by atoms with Gasteiger partial charge in [0.15, 0.2) is 5.76 Å². The van der Waals surface area contributed by atoms with Crippen molar-refractivity contribution in [3.05, 3.63) is 36.0 Å². The molecule has 0 bridgehead atoms. The van der Waals surface area contributed by atoms with Gasteiger partial charge in [0.1, 0.15) is 10.6 Å². The molecule has 2 aromatic rings. The smallest absolute Gasteiger partial charge is 0.245 e. The molecule has 1 saturated heterocycles. The van der Waals surface area contributed by atoms with Crippen LogP contribution in [0.1, 0.15) is 17.9 Å². The number of aromatic nitrogens is 2. The highest BCUT2D eigenvalue weighted by molar-refractivity contribution is 7.89. The van der Waals surface area contributed by atoms with E-state index in [4.69, 9.17) is 4.52 Å². The lowest BCUT2D eigenvalue weighted by Gasteiger charge is -2.36. The molecule has 3 rings (SSSR count). The molecule has 10 heteroatoms. The molecule has 0 aromatic carbocycles. The van der Waals surface area contributed by atoms with Crippen molar-refractivity contribution in [2.45, 2.75) is 25.2 Å². The number of sulfonamides is 1. The van der Waals surface area contributed by atoms with E-state index in [2.05, 4.69) is 19.8 Å². The van der Waals surface area contributed by atoms with E-state index in [1.165, 1.54) is 0 Å². The number of amides is 1. The van der Waals surface area contributed by atoms with Crippen LogP contribution >= 0.6 is 0 Å². The highest BCUT2D eigenvalue weighted by atomic mass is 32.2. The summed E-state index contributed by atoms with van der Waals surface area (Å²) in [4.78, 5) is 20.4. The second-order valence-corrected chi connectivity index (χ2v) is 8.08. The maximum absolute atomic E-state index is 12.4. The van der Waals surface area contributed by atoms with E-state index in [1.807, 2.05) is 12.1 Å². The minimum absolute atomic E-state index is 0.0375. The third-order valence-corrected chi connectivity index (χ3v) is 6.23. The van der Waals surface area contributed by atoms with Crippen LogP contribution < -0.4 is 9.62 Å². The fraction of sp³-hybridized carbons (Fsp3) is 0.471. The standard InChI is InChI=1S/C17H23N5O4S/c1-13-17(14(2)26-20-13)27(24,25)19-8-5-16(23)22-11-9-21(10-12-22)15-3-6-18-7-4-15/h3-4,6-7,19H,5,8-12H2,1-2H3. The summed E-state index contributed by atoms with van der Waals surface area (Å²) in [6, 6.07) is 3.89. The van der Waals surface area contributed by atoms with Gasteiger partial charge in [0.05, 0.1) is 0 Å². The number of rotatable bonds is 6. The van der Waals surface area contributed by atoms with Crippen LogP contribution in [0.2, 0.25) is 0 Å². The van der Waals surface area contributed by atoms with Crippen molar-refractivity contribution >= 4 is 21.6 Å². The zero-order chi connectivity index (χ0) is 19.4. The van der Waals surface area contributed by atoms with Gasteiger partial charge in [0.25, 0.3) is 0 Å². The molecule has 0 spiro atoms. The second-order valence-electron chi connectivity index (χ2n) is 6.37. The third-order valence-electron chi connectivity index (χ3n) is 4.53. The van der Waals surface area contributed by atoms with E-state index in [0.29, 0.717) is 18.8 Å². The maximum atomic E-state index is 12.4. The van der Waals surface area contributed by atoms with Crippen molar-refractivity contribution in [2.24, 2.45) is 0 Å². The minimum Gasteiger partial charge on any atom is -0.368 e. The molecule has 1 N–H and O–H groups in total. The first-order chi connectivity index (χ1) is 12.9. The Morgan fingerprint density at radius 1 is 1.19 bits per heavy atom. The van der Waals surface area contributed by atoms with Gasteiger partial charge in [-0.25, -0.2) is 13.1 Å². The Bertz CT molecular complexity index is 870. The van der Waals surface area contributed by atoms with E-state index in [9.17, 15) is 13.2 Å². The summed E-state index contributed by atoms with van der Waals surface area (Å²) >= 11 is 0. The number of anilines is 1. The van der Waals surface area contributed by atoms with Crippen molar-refractivity contribution in [3.63, 3.8) is 0 Å². The highest BCUT2D eigenvalue weighted by Gasteiger charge is 2.25. The molecule has 1 aliphatic heterocycles. The number of nitrogens with one attached hydrogen (secondary N) is 1. The number of carbonyl (C=O) groups excluding carboxylic acids is 1. The van der Waals surface area contributed by atoms with Crippen molar-refractivity contribution in [1.29, 1.82) is 0 Å². The van der Waals surface area contributed by atoms with Gasteiger partial charge in [-0.3, -0.25) is 9.78 Å². The van der Waals surface area contributed by atoms with E-state index in [1.54, 1.807) is 31.1 Å². The zero-order valence-electron chi connectivity index (χ0n) is 15.4. The van der Waals surface area contributed by atoms with Gasteiger partial charge >= 0.3 is 0 Å². The Hall–Kier alpha value is -2.46. The zero-order valence-corrected chi connectivity index (χ0v) is 16.2. The van der Waals surface area contributed by atoms with Crippen LogP contribution in [0.3, 0.4) is 0 Å². The lowest BCUT2D eigenvalue weighted by atomic mass is 10.2. The molecular formula is C17H23N5O4S. The van der Waals surface area contributed by atoms with Crippen LogP contribution in [-0.4, -0.2) is 62.1 Å². The SMILES string of the molecule is Cc1noc(C)c1S(=O)(=O)NCCC(=O)N1CCN(c2ccncc2)CC1. The fourth-order valence-corrected chi connectivity index (χ4v) is 4.51. The molecule has 3 heterocycles. The van der Waals surface area contributed by atoms with Gasteiger partial charge in [0, 0.05) is 57.2 Å².